The Labute approximate surface area is 530 Å². The van der Waals surface area contributed by atoms with Gasteiger partial charge in [-0.05, 0) is 87.6 Å². The largest absolute Gasteiger partial charge is 0.508 e. The fourth-order valence-electron chi connectivity index (χ4n) is 9.93. The van der Waals surface area contributed by atoms with E-state index in [1.54, 1.807) is 31.3 Å². The number of rotatable bonds is 30. The number of phenols is 1. The number of aromatic nitrogens is 3. The van der Waals surface area contributed by atoms with E-state index in [1.165, 1.54) is 48.6 Å². The highest BCUT2D eigenvalue weighted by Crippen LogP contribution is 2.22. The van der Waals surface area contributed by atoms with E-state index in [-0.39, 0.29) is 93.9 Å². The van der Waals surface area contributed by atoms with Crippen LogP contribution in [-0.2, 0) is 76.8 Å². The number of guanidine groups is 1. The van der Waals surface area contributed by atoms with Gasteiger partial charge in [-0.1, -0.05) is 44.2 Å². The molecule has 0 radical (unpaired) electrons. The van der Waals surface area contributed by atoms with Gasteiger partial charge < -0.3 is 94.6 Å². The Morgan fingerprint density at radius 2 is 1.28 bits per heavy atom. The Hall–Kier alpha value is -10.1. The third kappa shape index (κ3) is 24.7. The number of carbonyl (C=O) groups is 12. The number of likely N-dealkylation sites (tertiary alicyclic amines) is 1. The number of nitrogens with two attached hydrogens (primary N) is 2. The number of hydrogen-bond donors (Lipinski definition) is 17. The number of H-pyrrole nitrogens is 2. The Kier molecular flexibility index (Phi) is 30.0. The lowest BCUT2D eigenvalue weighted by Gasteiger charge is -2.30. The van der Waals surface area contributed by atoms with Crippen molar-refractivity contribution in [3.63, 3.8) is 0 Å². The molecule has 4 aromatic rings. The minimum Gasteiger partial charge on any atom is -0.508 e. The van der Waals surface area contributed by atoms with Crippen LogP contribution >= 0.6 is 0 Å². The first-order valence-electron chi connectivity index (χ1n) is 30.0. The van der Waals surface area contributed by atoms with Crippen molar-refractivity contribution in [1.82, 2.24) is 67.7 Å². The molecule has 0 saturated carbocycles. The predicted molar refractivity (Wildman–Crippen MR) is 333 cm³/mol. The molecule has 2 saturated heterocycles. The standard InChI is InChI=1S/C56H78N16O12.2C2H4O2/c1-5-60-54(83)45-13-9-21-72(45)55(84)39(12-8-20-61-56(57)58)66-50(79)40(22-30(2)3)67-47(76)31(4)64-49(78)41(23-32-14-16-35(74)17-15-32)68-53(82)44(28-73)71-51(80)42(24-33-26-62-37-11-7-6-10-36(33)37)69-52(81)43(25-34-27-59-29-63-34)70-48(77)38-18-19-46(75)65-38;2*1-2(3)4/h6-7,10-11,14-17,26-27,29-31,38-45,62,73-74H,5,8-9,12-13,18-25,28H2,1-4H3,(H,59,63)(H,60,83)(H,64,78)(H,65,75)(H,66,79)(H,67,76)(H,68,82)(H,69,81)(H,70,77)(H,71,80)(H4,57,58,61);2*1H3,(H,3,4). The number of aliphatic imine (C=N–C) groups is 1. The van der Waals surface area contributed by atoms with E-state index in [0.717, 1.165) is 19.4 Å². The molecular weight excluding hydrogens is 1200 g/mol. The van der Waals surface area contributed by atoms with Crippen LogP contribution in [0.1, 0.15) is 103 Å². The van der Waals surface area contributed by atoms with Crippen LogP contribution in [0.4, 0.5) is 0 Å². The molecule has 92 heavy (non-hydrogen) atoms. The van der Waals surface area contributed by atoms with Crippen LogP contribution in [0.25, 0.3) is 10.9 Å². The van der Waals surface area contributed by atoms with E-state index in [9.17, 15) is 58.2 Å². The minimum absolute atomic E-state index is 0.0879. The van der Waals surface area contributed by atoms with E-state index in [4.69, 9.17) is 31.3 Å². The number of aromatic amines is 2. The lowest BCUT2D eigenvalue weighted by molar-refractivity contribution is -0.142. The number of imidazole rings is 1. The molecule has 2 aliphatic rings. The maximum Gasteiger partial charge on any atom is 0.300 e. The number of carboxylic acid groups (broad SMARTS) is 2. The van der Waals surface area contributed by atoms with E-state index < -0.39 is 120 Å². The quantitative estimate of drug-likeness (QED) is 0.0149. The molecule has 0 bridgehead atoms. The van der Waals surface area contributed by atoms with Crippen molar-refractivity contribution in [2.24, 2.45) is 22.4 Å². The van der Waals surface area contributed by atoms with Crippen molar-refractivity contribution in [3.05, 3.63) is 84.1 Å². The van der Waals surface area contributed by atoms with Crippen molar-refractivity contribution in [2.75, 3.05) is 26.2 Å². The Morgan fingerprint density at radius 1 is 0.707 bits per heavy atom. The van der Waals surface area contributed by atoms with Crippen molar-refractivity contribution >= 4 is 87.9 Å². The molecule has 2 fully saturated rings. The Bertz CT molecular complexity index is 3190. The number of aliphatic hydroxyl groups excluding tert-OH is 1. The maximum absolute atomic E-state index is 14.5. The molecule has 2 aromatic carbocycles. The van der Waals surface area contributed by atoms with Gasteiger partial charge in [0.1, 0.15) is 60.1 Å². The average molecular weight is 1290 g/mol. The van der Waals surface area contributed by atoms with Crippen LogP contribution in [0.2, 0.25) is 0 Å². The topological polar surface area (TPSA) is 506 Å². The fraction of sp³-hybridized carbons (Fsp3) is 0.500. The van der Waals surface area contributed by atoms with Gasteiger partial charge in [0, 0.05) is 88.2 Å². The van der Waals surface area contributed by atoms with Gasteiger partial charge in [0.05, 0.1) is 12.9 Å². The molecule has 0 aliphatic carbocycles. The van der Waals surface area contributed by atoms with Crippen LogP contribution < -0.4 is 59.3 Å². The van der Waals surface area contributed by atoms with Crippen molar-refractivity contribution in [1.29, 1.82) is 0 Å². The summed E-state index contributed by atoms with van der Waals surface area (Å²) in [5, 5.41) is 60.1. The Morgan fingerprint density at radius 3 is 1.87 bits per heavy atom. The molecule has 32 nitrogen and oxygen atoms in total. The number of likely N-dealkylation sites (N-methyl/N-ethyl adjacent to an activating group) is 1. The number of carbonyl (C=O) groups excluding carboxylic acids is 10. The first-order chi connectivity index (χ1) is 43.6. The minimum atomic E-state index is -1.75. The first-order valence-corrected chi connectivity index (χ1v) is 30.0. The average Bonchev–Trinajstić information content (AvgIpc) is 1.72. The second-order valence-corrected chi connectivity index (χ2v) is 22.4. The second kappa shape index (κ2) is 37.1. The molecule has 4 heterocycles. The van der Waals surface area contributed by atoms with E-state index in [2.05, 4.69) is 67.8 Å². The highest BCUT2D eigenvalue weighted by atomic mass is 16.4. The summed E-state index contributed by atoms with van der Waals surface area (Å²) in [7, 11) is 0. The van der Waals surface area contributed by atoms with Gasteiger partial charge >= 0.3 is 0 Å². The number of aliphatic carboxylic acids is 2. The number of para-hydroxylation sites is 1. The lowest BCUT2D eigenvalue weighted by Crippen LogP contribution is -2.61. The zero-order chi connectivity index (χ0) is 68.2. The van der Waals surface area contributed by atoms with E-state index in [0.29, 0.717) is 41.6 Å². The highest BCUT2D eigenvalue weighted by Gasteiger charge is 2.39. The first kappa shape index (κ1) is 74.3. The number of phenolic OH excluding ortho intramolecular Hbond substituents is 1. The van der Waals surface area contributed by atoms with Crippen molar-refractivity contribution in [3.8, 4) is 5.75 Å². The molecule has 10 amide bonds. The summed E-state index contributed by atoms with van der Waals surface area (Å²) < 4.78 is 0. The zero-order valence-electron chi connectivity index (χ0n) is 52.2. The van der Waals surface area contributed by atoms with E-state index >= 15 is 0 Å². The molecule has 2 aliphatic heterocycles. The number of fused-ring (bicyclic) bond motifs is 1. The van der Waals surface area contributed by atoms with Gasteiger partial charge in [-0.25, -0.2) is 4.98 Å². The number of benzene rings is 2. The molecular formula is C60H86N16O16. The summed E-state index contributed by atoms with van der Waals surface area (Å²) in [4.78, 5) is 171. The van der Waals surface area contributed by atoms with Gasteiger partial charge in [0.2, 0.25) is 59.1 Å². The zero-order valence-corrected chi connectivity index (χ0v) is 52.2. The predicted octanol–water partition coefficient (Wildman–Crippen LogP) is -2.28. The SMILES string of the molecule is CC(=O)O.CC(=O)O.CCNC(=O)C1CCCN1C(=O)C(CCCN=C(N)N)NC(=O)C(CC(C)C)NC(=O)C(C)NC(=O)C(Cc1ccc(O)cc1)NC(=O)C(CO)NC(=O)C(Cc1c[nH]c2ccccc12)NC(=O)C(Cc1cnc[nH]1)NC(=O)C1CCC(=O)N1. The van der Waals surface area contributed by atoms with E-state index in [1.807, 2.05) is 19.9 Å². The fourth-order valence-corrected chi connectivity index (χ4v) is 9.93. The summed E-state index contributed by atoms with van der Waals surface area (Å²) in [5.74, 6) is -9.09. The van der Waals surface area contributed by atoms with Crippen LogP contribution in [0.3, 0.4) is 0 Å². The number of aliphatic hydroxyl groups is 1. The summed E-state index contributed by atoms with van der Waals surface area (Å²) >= 11 is 0. The number of aromatic hydroxyl groups is 1. The Balaban J connectivity index is 0.00000213. The number of carboxylic acids is 2. The van der Waals surface area contributed by atoms with Gasteiger partial charge in [-0.15, -0.1) is 0 Å². The molecule has 9 atom stereocenters. The summed E-state index contributed by atoms with van der Waals surface area (Å²) in [6.45, 7) is 8.69. The summed E-state index contributed by atoms with van der Waals surface area (Å²) in [5.41, 5.74) is 13.2. The normalized spacial score (nSPS) is 16.3. The van der Waals surface area contributed by atoms with Crippen LogP contribution in [0.5, 0.6) is 5.75 Å². The summed E-state index contributed by atoms with van der Waals surface area (Å²) in [6.07, 6.45) is 5.75. The molecule has 19 N–H and O–H groups in total. The lowest BCUT2D eigenvalue weighted by atomic mass is 10.0. The van der Waals surface area contributed by atoms with Crippen LogP contribution in [0.15, 0.2) is 72.2 Å². The van der Waals surface area contributed by atoms with Gasteiger partial charge in [-0.2, -0.15) is 0 Å². The monoisotopic (exact) mass is 1290 g/mol. The molecule has 502 valence electrons. The maximum atomic E-state index is 14.5. The number of amides is 10. The number of nitrogens with one attached hydrogen (secondary N) is 11. The molecule has 2 aromatic heterocycles. The smallest absolute Gasteiger partial charge is 0.300 e. The molecule has 32 heteroatoms. The van der Waals surface area contributed by atoms with Crippen LogP contribution in [-0.4, -0.2) is 198 Å². The molecule has 9 unspecified atom stereocenters. The highest BCUT2D eigenvalue weighted by molar-refractivity contribution is 5.99. The number of hydrogen-bond acceptors (Lipinski definition) is 16. The second-order valence-electron chi connectivity index (χ2n) is 22.4. The number of nitrogens with zero attached hydrogens (tertiary/aromatic N) is 3. The van der Waals surface area contributed by atoms with Crippen LogP contribution in [0, 0.1) is 5.92 Å². The molecule has 0 spiro atoms. The van der Waals surface area contributed by atoms with Crippen molar-refractivity contribution in [2.45, 2.75) is 160 Å². The summed E-state index contributed by atoms with van der Waals surface area (Å²) in [6, 6.07) is 1.50. The van der Waals surface area contributed by atoms with Gasteiger partial charge in [-0.3, -0.25) is 62.5 Å². The van der Waals surface area contributed by atoms with Crippen molar-refractivity contribution < 1.29 is 78.0 Å². The molecule has 6 rings (SSSR count). The van der Waals surface area contributed by atoms with Gasteiger partial charge in [0.15, 0.2) is 5.96 Å². The third-order valence-electron chi connectivity index (χ3n) is 14.3. The third-order valence-corrected chi connectivity index (χ3v) is 14.3. The van der Waals surface area contributed by atoms with Gasteiger partial charge in [0.25, 0.3) is 11.9 Å².